The number of hydrogen-bond acceptors (Lipinski definition) is 8. The van der Waals surface area contributed by atoms with E-state index in [1.807, 2.05) is 6.92 Å². The summed E-state index contributed by atoms with van der Waals surface area (Å²) in [5, 5.41) is 13.8. The average molecular weight is 549 g/mol. The number of nitrogens with zero attached hydrogens (tertiary/aromatic N) is 6. The minimum absolute atomic E-state index is 0.0426. The van der Waals surface area contributed by atoms with E-state index in [1.54, 1.807) is 30.2 Å². The predicted molar refractivity (Wildman–Crippen MR) is 135 cm³/mol. The highest BCUT2D eigenvalue weighted by Crippen LogP contribution is 2.48. The van der Waals surface area contributed by atoms with Gasteiger partial charge in [-0.2, -0.15) is 15.2 Å². The SMILES string of the molecule is Cc1cc(Nc2nc(N(C)c3c(F)cc(S(C)(=O)=O)c(Cl)c3F)nc(-c3cnn(C)c3)c2C2CC2)n[nH]1. The fourth-order valence-corrected chi connectivity index (χ4v) is 5.37. The minimum Gasteiger partial charge on any atom is -0.323 e. The standard InChI is InChI=1S/C23H23ClF2N8O2S/c1-11-7-16(32-31-11)28-22-17(12-5-6-12)20(13-9-27-33(2)10-13)29-23(30-22)34(3)21-14(25)8-15(37(4,35)36)18(24)19(21)26/h7-10,12H,5-6H2,1-4H3,(H2,28,29,30,31,32). The number of benzene rings is 1. The number of hydrogen-bond donors (Lipinski definition) is 2. The van der Waals surface area contributed by atoms with Gasteiger partial charge in [-0.15, -0.1) is 0 Å². The van der Waals surface area contributed by atoms with Crippen molar-refractivity contribution in [1.82, 2.24) is 29.9 Å². The Morgan fingerprint density at radius 3 is 2.54 bits per heavy atom. The van der Waals surface area contributed by atoms with Crippen molar-refractivity contribution >= 4 is 44.7 Å². The van der Waals surface area contributed by atoms with Crippen molar-refractivity contribution in [3.63, 3.8) is 0 Å². The molecule has 14 heteroatoms. The van der Waals surface area contributed by atoms with Crippen LogP contribution in [0.4, 0.5) is 32.1 Å². The molecule has 0 amide bonds. The maximum Gasteiger partial charge on any atom is 0.232 e. The van der Waals surface area contributed by atoms with Gasteiger partial charge in [-0.25, -0.2) is 22.2 Å². The van der Waals surface area contributed by atoms with Gasteiger partial charge in [0.05, 0.1) is 21.8 Å². The van der Waals surface area contributed by atoms with Gasteiger partial charge in [-0.05, 0) is 31.7 Å². The number of anilines is 4. The summed E-state index contributed by atoms with van der Waals surface area (Å²) in [6, 6.07) is 2.49. The molecule has 4 aromatic rings. The van der Waals surface area contributed by atoms with Gasteiger partial charge in [0.2, 0.25) is 5.95 Å². The highest BCUT2D eigenvalue weighted by molar-refractivity contribution is 7.90. The second-order valence-corrected chi connectivity index (χ2v) is 11.4. The van der Waals surface area contributed by atoms with E-state index in [4.69, 9.17) is 11.6 Å². The molecule has 37 heavy (non-hydrogen) atoms. The number of H-pyrrole nitrogens is 1. The number of aromatic amines is 1. The summed E-state index contributed by atoms with van der Waals surface area (Å²) in [4.78, 5) is 9.76. The number of halogens is 3. The normalized spacial score (nSPS) is 13.7. The van der Waals surface area contributed by atoms with Crippen LogP contribution in [-0.2, 0) is 16.9 Å². The highest BCUT2D eigenvalue weighted by atomic mass is 35.5. The molecule has 1 aromatic carbocycles. The van der Waals surface area contributed by atoms with Gasteiger partial charge < -0.3 is 10.2 Å². The predicted octanol–water partition coefficient (Wildman–Crippen LogP) is 4.63. The zero-order chi connectivity index (χ0) is 26.6. The van der Waals surface area contributed by atoms with Crippen molar-refractivity contribution in [3.05, 3.63) is 52.4 Å². The van der Waals surface area contributed by atoms with E-state index in [0.717, 1.165) is 35.3 Å². The highest BCUT2D eigenvalue weighted by Gasteiger charge is 2.34. The molecule has 0 bridgehead atoms. The van der Waals surface area contributed by atoms with Gasteiger partial charge in [0.25, 0.3) is 0 Å². The summed E-state index contributed by atoms with van der Waals surface area (Å²) in [5.74, 6) is -1.26. The molecule has 3 aromatic heterocycles. The molecule has 194 valence electrons. The van der Waals surface area contributed by atoms with Crippen LogP contribution >= 0.6 is 11.6 Å². The van der Waals surface area contributed by atoms with Gasteiger partial charge >= 0.3 is 0 Å². The number of rotatable bonds is 7. The number of sulfone groups is 1. The van der Waals surface area contributed by atoms with Gasteiger partial charge in [0.15, 0.2) is 27.3 Å². The van der Waals surface area contributed by atoms with Crippen LogP contribution in [-0.4, -0.2) is 51.7 Å². The van der Waals surface area contributed by atoms with Crippen LogP contribution in [0.15, 0.2) is 29.4 Å². The lowest BCUT2D eigenvalue weighted by molar-refractivity contribution is 0.569. The molecule has 5 rings (SSSR count). The number of nitrogens with one attached hydrogen (secondary N) is 2. The minimum atomic E-state index is -3.96. The Labute approximate surface area is 216 Å². The van der Waals surface area contributed by atoms with E-state index < -0.39 is 37.1 Å². The van der Waals surface area contributed by atoms with Crippen LogP contribution in [0.3, 0.4) is 0 Å². The molecule has 1 fully saturated rings. The smallest absolute Gasteiger partial charge is 0.232 e. The largest absolute Gasteiger partial charge is 0.323 e. The lowest BCUT2D eigenvalue weighted by atomic mass is 10.1. The fourth-order valence-electron chi connectivity index (χ4n) is 4.07. The molecule has 3 heterocycles. The van der Waals surface area contributed by atoms with Gasteiger partial charge in [0.1, 0.15) is 11.5 Å². The first-order valence-electron chi connectivity index (χ1n) is 11.2. The summed E-state index contributed by atoms with van der Waals surface area (Å²) in [6.45, 7) is 1.86. The molecule has 0 aliphatic heterocycles. The van der Waals surface area contributed by atoms with Gasteiger partial charge in [0, 0.05) is 49.4 Å². The van der Waals surface area contributed by atoms with Crippen LogP contribution in [0.2, 0.25) is 5.02 Å². The third-order valence-electron chi connectivity index (χ3n) is 5.99. The number of aryl methyl sites for hydroxylation is 2. The first-order valence-corrected chi connectivity index (χ1v) is 13.5. The summed E-state index contributed by atoms with van der Waals surface area (Å²) < 4.78 is 56.0. The van der Waals surface area contributed by atoms with Crippen molar-refractivity contribution in [1.29, 1.82) is 0 Å². The Balaban J connectivity index is 1.70. The first kappa shape index (κ1) is 25.1. The molecular formula is C23H23ClF2N8O2S. The fraction of sp³-hybridized carbons (Fsp3) is 0.304. The summed E-state index contributed by atoms with van der Waals surface area (Å²) in [6.07, 6.45) is 6.14. The monoisotopic (exact) mass is 548 g/mol. The molecule has 0 spiro atoms. The topological polar surface area (TPSA) is 122 Å². The maximum absolute atomic E-state index is 15.3. The molecule has 0 unspecified atom stereocenters. The average Bonchev–Trinajstić information content (AvgIpc) is 3.44. The van der Waals surface area contributed by atoms with E-state index in [1.165, 1.54) is 7.05 Å². The van der Waals surface area contributed by atoms with Gasteiger partial charge in [-0.1, -0.05) is 11.6 Å². The Morgan fingerprint density at radius 2 is 1.97 bits per heavy atom. The van der Waals surface area contributed by atoms with E-state index in [2.05, 4.69) is 30.6 Å². The van der Waals surface area contributed by atoms with E-state index >= 15 is 8.78 Å². The van der Waals surface area contributed by atoms with Gasteiger partial charge in [-0.3, -0.25) is 9.78 Å². The van der Waals surface area contributed by atoms with E-state index in [-0.39, 0.29) is 11.9 Å². The molecular weight excluding hydrogens is 526 g/mol. The Hall–Kier alpha value is -3.58. The maximum atomic E-state index is 15.3. The lowest BCUT2D eigenvalue weighted by Gasteiger charge is -2.23. The second-order valence-electron chi connectivity index (χ2n) is 9.04. The second kappa shape index (κ2) is 9.06. The first-order chi connectivity index (χ1) is 17.4. The van der Waals surface area contributed by atoms with Crippen LogP contribution in [0.1, 0.15) is 30.0 Å². The zero-order valence-electron chi connectivity index (χ0n) is 20.3. The summed E-state index contributed by atoms with van der Waals surface area (Å²) in [5.41, 5.74) is 2.35. The van der Waals surface area contributed by atoms with Crippen molar-refractivity contribution in [2.75, 3.05) is 23.5 Å². The lowest BCUT2D eigenvalue weighted by Crippen LogP contribution is -2.19. The molecule has 0 saturated heterocycles. The molecule has 0 radical (unpaired) electrons. The summed E-state index contributed by atoms with van der Waals surface area (Å²) in [7, 11) is -0.816. The molecule has 0 atom stereocenters. The van der Waals surface area contributed by atoms with Crippen molar-refractivity contribution in [3.8, 4) is 11.3 Å². The molecule has 1 aliphatic carbocycles. The molecule has 2 N–H and O–H groups in total. The van der Waals surface area contributed by atoms with E-state index in [0.29, 0.717) is 29.0 Å². The third-order valence-corrected chi connectivity index (χ3v) is 7.59. The third kappa shape index (κ3) is 4.76. The van der Waals surface area contributed by atoms with Crippen LogP contribution < -0.4 is 10.2 Å². The quantitative estimate of drug-likeness (QED) is 0.320. The van der Waals surface area contributed by atoms with Crippen molar-refractivity contribution in [2.24, 2.45) is 7.05 Å². The molecule has 1 aliphatic rings. The van der Waals surface area contributed by atoms with Crippen molar-refractivity contribution in [2.45, 2.75) is 30.6 Å². The van der Waals surface area contributed by atoms with Crippen LogP contribution in [0, 0.1) is 18.6 Å². The molecule has 10 nitrogen and oxygen atoms in total. The number of aromatic nitrogens is 6. The Bertz CT molecular complexity index is 1630. The Kier molecular flexibility index (Phi) is 6.15. The van der Waals surface area contributed by atoms with Crippen LogP contribution in [0.5, 0.6) is 0 Å². The van der Waals surface area contributed by atoms with E-state index in [9.17, 15) is 8.42 Å². The zero-order valence-corrected chi connectivity index (χ0v) is 21.9. The Morgan fingerprint density at radius 1 is 1.24 bits per heavy atom. The summed E-state index contributed by atoms with van der Waals surface area (Å²) >= 11 is 6.01. The molecule has 1 saturated carbocycles. The van der Waals surface area contributed by atoms with Crippen LogP contribution in [0.25, 0.3) is 11.3 Å². The van der Waals surface area contributed by atoms with Crippen molar-refractivity contribution < 1.29 is 17.2 Å².